The smallest absolute Gasteiger partial charge is 0.160 e. The molecule has 10 rings (SSSR count). The van der Waals surface area contributed by atoms with Crippen molar-refractivity contribution in [2.45, 2.75) is 0 Å². The molecule has 266 valence electrons. The minimum Gasteiger partial charge on any atom is -0.309 e. The summed E-state index contributed by atoms with van der Waals surface area (Å²) in [5, 5.41) is 12.6. The lowest BCUT2D eigenvalue weighted by atomic mass is 9.96. The van der Waals surface area contributed by atoms with Crippen molar-refractivity contribution in [3.8, 4) is 79.0 Å². The molecule has 4 heteroatoms. The summed E-state index contributed by atoms with van der Waals surface area (Å²) in [4.78, 5) is 10.2. The van der Waals surface area contributed by atoms with Gasteiger partial charge in [0, 0.05) is 33.2 Å². The first-order valence-electron chi connectivity index (χ1n) is 19.0. The first-order valence-corrected chi connectivity index (χ1v) is 19.0. The van der Waals surface area contributed by atoms with Crippen LogP contribution in [0.1, 0.15) is 5.56 Å². The summed E-state index contributed by atoms with van der Waals surface area (Å²) in [7, 11) is 0. The van der Waals surface area contributed by atoms with E-state index in [1.165, 1.54) is 16.3 Å². The molecular weight excluding hydrogens is 693 g/mol. The number of hydrogen-bond acceptors (Lipinski definition) is 3. The molecular formula is C53H34N4. The zero-order chi connectivity index (χ0) is 38.1. The van der Waals surface area contributed by atoms with Gasteiger partial charge >= 0.3 is 0 Å². The van der Waals surface area contributed by atoms with Gasteiger partial charge in [0.2, 0.25) is 0 Å². The predicted octanol–water partition coefficient (Wildman–Crippen LogP) is 13.4. The summed E-state index contributed by atoms with van der Waals surface area (Å²) in [6, 6.07) is 73.8. The average molecular weight is 727 g/mol. The van der Waals surface area contributed by atoms with E-state index >= 15 is 0 Å². The third-order valence-electron chi connectivity index (χ3n) is 10.6. The monoisotopic (exact) mass is 726 g/mol. The van der Waals surface area contributed by atoms with Crippen LogP contribution in [-0.4, -0.2) is 14.5 Å². The van der Waals surface area contributed by atoms with Gasteiger partial charge in [-0.25, -0.2) is 9.97 Å². The van der Waals surface area contributed by atoms with Gasteiger partial charge in [0.1, 0.15) is 0 Å². The highest BCUT2D eigenvalue weighted by molar-refractivity contribution is 6.09. The molecule has 2 aromatic heterocycles. The Kier molecular flexibility index (Phi) is 8.52. The predicted molar refractivity (Wildman–Crippen MR) is 234 cm³/mol. The van der Waals surface area contributed by atoms with E-state index in [9.17, 15) is 5.26 Å². The van der Waals surface area contributed by atoms with Crippen molar-refractivity contribution in [1.82, 2.24) is 14.5 Å². The number of nitriles is 1. The van der Waals surface area contributed by atoms with Crippen molar-refractivity contribution in [3.63, 3.8) is 0 Å². The topological polar surface area (TPSA) is 54.5 Å². The fraction of sp³-hybridized carbons (Fsp3) is 0. The van der Waals surface area contributed by atoms with Crippen molar-refractivity contribution in [2.75, 3.05) is 0 Å². The molecule has 0 saturated carbocycles. The lowest BCUT2D eigenvalue weighted by Crippen LogP contribution is -1.96. The Bertz CT molecular complexity index is 3070. The summed E-state index contributed by atoms with van der Waals surface area (Å²) >= 11 is 0. The van der Waals surface area contributed by atoms with Gasteiger partial charge in [-0.1, -0.05) is 158 Å². The molecule has 0 bridgehead atoms. The highest BCUT2D eigenvalue weighted by Crippen LogP contribution is 2.36. The Balaban J connectivity index is 1.04. The standard InChI is InChI=1S/C53H34N4/c54-35-36-29-45(33-46(30-36)57-51-23-9-7-21-47(51)48-22-8-10-24-52(48)57)43-19-11-17-41(31-43)42-18-12-20-44(32-42)50-34-49(55-53(56-50)40-15-5-2-6-16-40)39-27-25-38(26-28-39)37-13-3-1-4-14-37/h1-34H. The molecule has 0 unspecified atom stereocenters. The number of hydrogen-bond donors (Lipinski definition) is 0. The van der Waals surface area contributed by atoms with E-state index < -0.39 is 0 Å². The van der Waals surface area contributed by atoms with E-state index in [-0.39, 0.29) is 0 Å². The maximum absolute atomic E-state index is 10.2. The Labute approximate surface area is 331 Å². The molecule has 0 aliphatic carbocycles. The van der Waals surface area contributed by atoms with E-state index in [1.807, 2.05) is 36.4 Å². The molecule has 0 saturated heterocycles. The van der Waals surface area contributed by atoms with E-state index in [0.717, 1.165) is 72.6 Å². The van der Waals surface area contributed by atoms with Crippen LogP contribution in [0.3, 0.4) is 0 Å². The zero-order valence-electron chi connectivity index (χ0n) is 30.9. The quantitative estimate of drug-likeness (QED) is 0.164. The van der Waals surface area contributed by atoms with E-state index in [2.05, 4.69) is 180 Å². The van der Waals surface area contributed by atoms with Crippen molar-refractivity contribution >= 4 is 21.8 Å². The Hall–Kier alpha value is -7.87. The van der Waals surface area contributed by atoms with Crippen LogP contribution in [0, 0.1) is 11.3 Å². The van der Waals surface area contributed by atoms with Gasteiger partial charge in [-0.3, -0.25) is 0 Å². The fourth-order valence-electron chi connectivity index (χ4n) is 7.83. The second-order valence-electron chi connectivity index (χ2n) is 14.2. The summed E-state index contributed by atoms with van der Waals surface area (Å²) in [5.74, 6) is 0.680. The van der Waals surface area contributed by atoms with Crippen LogP contribution < -0.4 is 0 Å². The number of rotatable bonds is 7. The zero-order valence-corrected chi connectivity index (χ0v) is 30.9. The Morgan fingerprint density at radius 2 is 0.825 bits per heavy atom. The summed E-state index contributed by atoms with van der Waals surface area (Å²) < 4.78 is 2.26. The summed E-state index contributed by atoms with van der Waals surface area (Å²) in [5.41, 5.74) is 15.0. The molecule has 0 aliphatic rings. The highest BCUT2D eigenvalue weighted by Gasteiger charge is 2.15. The maximum atomic E-state index is 10.2. The van der Waals surface area contributed by atoms with Crippen molar-refractivity contribution in [1.29, 1.82) is 5.26 Å². The summed E-state index contributed by atoms with van der Waals surface area (Å²) in [6.07, 6.45) is 0. The van der Waals surface area contributed by atoms with Gasteiger partial charge in [0.15, 0.2) is 5.82 Å². The number of fused-ring (bicyclic) bond motifs is 3. The second kappa shape index (κ2) is 14.4. The highest BCUT2D eigenvalue weighted by atomic mass is 15.0. The molecule has 8 aromatic carbocycles. The number of benzene rings is 8. The van der Waals surface area contributed by atoms with Crippen LogP contribution >= 0.6 is 0 Å². The molecule has 10 aromatic rings. The molecule has 0 spiro atoms. The first-order chi connectivity index (χ1) is 28.2. The largest absolute Gasteiger partial charge is 0.309 e. The minimum absolute atomic E-state index is 0.611. The molecule has 57 heavy (non-hydrogen) atoms. The molecule has 2 heterocycles. The number of aromatic nitrogens is 3. The molecule has 4 nitrogen and oxygen atoms in total. The fourth-order valence-corrected chi connectivity index (χ4v) is 7.83. The molecule has 0 amide bonds. The first kappa shape index (κ1) is 33.7. The van der Waals surface area contributed by atoms with Crippen LogP contribution in [-0.2, 0) is 0 Å². The van der Waals surface area contributed by atoms with E-state index in [1.54, 1.807) is 0 Å². The van der Waals surface area contributed by atoms with Gasteiger partial charge in [-0.05, 0) is 81.9 Å². The normalized spacial score (nSPS) is 11.1. The van der Waals surface area contributed by atoms with Crippen LogP contribution in [0.2, 0.25) is 0 Å². The van der Waals surface area contributed by atoms with Crippen LogP contribution in [0.5, 0.6) is 0 Å². The van der Waals surface area contributed by atoms with Crippen LogP contribution in [0.15, 0.2) is 206 Å². The van der Waals surface area contributed by atoms with Gasteiger partial charge < -0.3 is 4.57 Å². The van der Waals surface area contributed by atoms with E-state index in [4.69, 9.17) is 9.97 Å². The van der Waals surface area contributed by atoms with Crippen molar-refractivity contribution in [3.05, 3.63) is 212 Å². The SMILES string of the molecule is N#Cc1cc(-c2cccc(-c3cccc(-c4cc(-c5ccc(-c6ccccc6)cc5)nc(-c5ccccc5)n4)c3)c2)cc(-n2c3ccccc3c3ccccc32)c1. The van der Waals surface area contributed by atoms with Gasteiger partial charge in [0.25, 0.3) is 0 Å². The number of nitrogens with zero attached hydrogens (tertiary/aromatic N) is 4. The van der Waals surface area contributed by atoms with Gasteiger partial charge in [-0.2, -0.15) is 5.26 Å². The molecule has 0 aliphatic heterocycles. The lowest BCUT2D eigenvalue weighted by molar-refractivity contribution is 1.18. The van der Waals surface area contributed by atoms with Crippen molar-refractivity contribution in [2.24, 2.45) is 0 Å². The Morgan fingerprint density at radius 3 is 1.46 bits per heavy atom. The molecule has 0 fully saturated rings. The van der Waals surface area contributed by atoms with Crippen LogP contribution in [0.4, 0.5) is 0 Å². The molecule has 0 radical (unpaired) electrons. The Morgan fingerprint density at radius 1 is 0.351 bits per heavy atom. The lowest BCUT2D eigenvalue weighted by Gasteiger charge is -2.13. The second-order valence-corrected chi connectivity index (χ2v) is 14.2. The third-order valence-corrected chi connectivity index (χ3v) is 10.6. The van der Waals surface area contributed by atoms with Crippen LogP contribution in [0.25, 0.3) is 94.8 Å². The summed E-state index contributed by atoms with van der Waals surface area (Å²) in [6.45, 7) is 0. The number of para-hydroxylation sites is 2. The molecule has 0 atom stereocenters. The van der Waals surface area contributed by atoms with Gasteiger partial charge in [-0.15, -0.1) is 0 Å². The van der Waals surface area contributed by atoms with Gasteiger partial charge in [0.05, 0.1) is 34.1 Å². The third kappa shape index (κ3) is 6.44. The maximum Gasteiger partial charge on any atom is 0.160 e. The molecule has 0 N–H and O–H groups in total. The van der Waals surface area contributed by atoms with E-state index in [0.29, 0.717) is 11.4 Å². The average Bonchev–Trinajstić information content (AvgIpc) is 3.64. The minimum atomic E-state index is 0.611. The van der Waals surface area contributed by atoms with Crippen molar-refractivity contribution < 1.29 is 0 Å².